The van der Waals surface area contributed by atoms with Crippen molar-refractivity contribution in [1.29, 1.82) is 0 Å². The minimum atomic E-state index is -1.21. The molecule has 1 aliphatic heterocycles. The molecule has 5 atom stereocenters. The smallest absolute Gasteiger partial charge is 0.302 e. The molecule has 7 heteroatoms. The van der Waals surface area contributed by atoms with Crippen LogP contribution in [-0.2, 0) is 23.7 Å². The highest BCUT2D eigenvalue weighted by Crippen LogP contribution is 2.23. The van der Waals surface area contributed by atoms with Crippen LogP contribution in [0.15, 0.2) is 0 Å². The van der Waals surface area contributed by atoms with Gasteiger partial charge in [0.15, 0.2) is 6.29 Å². The standard InChI is InChI=1S/C10H18O7/c1-5(11)16-4-6-9(14-2)7(12)8(13)10(15-3)17-6/h6-10,12-13H,4H2,1-3H3/t6?,7-,8?,9+,10-/m1/s1. The lowest BCUT2D eigenvalue weighted by atomic mass is 9.99. The molecule has 100 valence electrons. The van der Waals surface area contributed by atoms with Gasteiger partial charge in [-0.2, -0.15) is 0 Å². The first-order chi connectivity index (χ1) is 8.01. The molecule has 0 saturated carbocycles. The third kappa shape index (κ3) is 3.36. The van der Waals surface area contributed by atoms with E-state index in [9.17, 15) is 15.0 Å². The van der Waals surface area contributed by atoms with E-state index in [0.29, 0.717) is 0 Å². The molecule has 7 nitrogen and oxygen atoms in total. The van der Waals surface area contributed by atoms with Gasteiger partial charge in [-0.3, -0.25) is 4.79 Å². The van der Waals surface area contributed by atoms with E-state index in [4.69, 9.17) is 18.9 Å². The van der Waals surface area contributed by atoms with Crippen LogP contribution in [0.5, 0.6) is 0 Å². The van der Waals surface area contributed by atoms with Crippen molar-refractivity contribution in [2.75, 3.05) is 20.8 Å². The first kappa shape index (κ1) is 14.3. The molecule has 0 radical (unpaired) electrons. The molecule has 1 fully saturated rings. The summed E-state index contributed by atoms with van der Waals surface area (Å²) in [5, 5.41) is 19.4. The molecule has 0 aliphatic carbocycles. The molecule has 0 aromatic carbocycles. The highest BCUT2D eigenvalue weighted by Gasteiger charge is 2.45. The first-order valence-corrected chi connectivity index (χ1v) is 5.21. The molecule has 1 rings (SSSR count). The normalized spacial score (nSPS) is 37.8. The molecular formula is C10H18O7. The van der Waals surface area contributed by atoms with Crippen molar-refractivity contribution >= 4 is 5.97 Å². The third-order valence-electron chi connectivity index (χ3n) is 2.60. The number of esters is 1. The van der Waals surface area contributed by atoms with E-state index in [1.807, 2.05) is 0 Å². The summed E-state index contributed by atoms with van der Waals surface area (Å²) in [4.78, 5) is 10.7. The molecule has 1 heterocycles. The van der Waals surface area contributed by atoms with Crippen LogP contribution in [0.2, 0.25) is 0 Å². The topological polar surface area (TPSA) is 94.5 Å². The minimum absolute atomic E-state index is 0.0719. The largest absolute Gasteiger partial charge is 0.463 e. The van der Waals surface area contributed by atoms with Crippen LogP contribution in [0.1, 0.15) is 6.92 Å². The molecule has 2 N–H and O–H groups in total. The zero-order chi connectivity index (χ0) is 13.0. The van der Waals surface area contributed by atoms with Crippen LogP contribution < -0.4 is 0 Å². The quantitative estimate of drug-likeness (QED) is 0.596. The van der Waals surface area contributed by atoms with Gasteiger partial charge in [0, 0.05) is 21.1 Å². The number of carbonyl (C=O) groups is 1. The summed E-state index contributed by atoms with van der Waals surface area (Å²) in [7, 11) is 2.72. The summed E-state index contributed by atoms with van der Waals surface area (Å²) >= 11 is 0. The molecule has 17 heavy (non-hydrogen) atoms. The van der Waals surface area contributed by atoms with Gasteiger partial charge in [0.1, 0.15) is 31.0 Å². The second-order valence-electron chi connectivity index (χ2n) is 3.76. The molecule has 0 bridgehead atoms. The van der Waals surface area contributed by atoms with E-state index in [2.05, 4.69) is 0 Å². The summed E-state index contributed by atoms with van der Waals surface area (Å²) < 4.78 is 20.0. The van der Waals surface area contributed by atoms with Crippen LogP contribution in [-0.4, -0.2) is 67.7 Å². The Balaban J connectivity index is 2.68. The minimum Gasteiger partial charge on any atom is -0.463 e. The Morgan fingerprint density at radius 1 is 1.24 bits per heavy atom. The number of hydrogen-bond donors (Lipinski definition) is 2. The Kier molecular flexibility index (Phi) is 5.29. The van der Waals surface area contributed by atoms with Gasteiger partial charge in [0.2, 0.25) is 0 Å². The summed E-state index contributed by atoms with van der Waals surface area (Å²) in [6, 6.07) is 0. The Bertz CT molecular complexity index is 257. The van der Waals surface area contributed by atoms with Crippen LogP contribution in [0.3, 0.4) is 0 Å². The Morgan fingerprint density at radius 2 is 1.88 bits per heavy atom. The molecule has 2 unspecified atom stereocenters. The maximum Gasteiger partial charge on any atom is 0.302 e. The van der Waals surface area contributed by atoms with Gasteiger partial charge in [-0.05, 0) is 0 Å². The Labute approximate surface area is 99.2 Å². The lowest BCUT2D eigenvalue weighted by Gasteiger charge is -2.40. The number of aliphatic hydroxyl groups excluding tert-OH is 2. The second kappa shape index (κ2) is 6.27. The summed E-state index contributed by atoms with van der Waals surface area (Å²) in [5.74, 6) is -0.460. The zero-order valence-electron chi connectivity index (χ0n) is 10.0. The first-order valence-electron chi connectivity index (χ1n) is 5.21. The van der Waals surface area contributed by atoms with Crippen LogP contribution >= 0.6 is 0 Å². The number of rotatable bonds is 4. The number of ether oxygens (including phenoxy) is 4. The predicted octanol–water partition coefficient (Wildman–Crippen LogP) is -1.34. The van der Waals surface area contributed by atoms with E-state index in [1.54, 1.807) is 0 Å². The van der Waals surface area contributed by atoms with Gasteiger partial charge in [-0.25, -0.2) is 0 Å². The van der Waals surface area contributed by atoms with Crippen LogP contribution in [0.4, 0.5) is 0 Å². The summed E-state index contributed by atoms with van der Waals surface area (Å²) in [6.45, 7) is 1.20. The number of aliphatic hydroxyl groups is 2. The maximum atomic E-state index is 10.7. The zero-order valence-corrected chi connectivity index (χ0v) is 10.0. The van der Waals surface area contributed by atoms with Crippen molar-refractivity contribution in [2.45, 2.75) is 37.6 Å². The van der Waals surface area contributed by atoms with Crippen molar-refractivity contribution in [1.82, 2.24) is 0 Å². The van der Waals surface area contributed by atoms with E-state index in [0.717, 1.165) is 0 Å². The van der Waals surface area contributed by atoms with E-state index in [1.165, 1.54) is 21.1 Å². The number of carbonyl (C=O) groups excluding carboxylic acids is 1. The van der Waals surface area contributed by atoms with E-state index in [-0.39, 0.29) is 6.61 Å². The van der Waals surface area contributed by atoms with E-state index >= 15 is 0 Å². The summed E-state index contributed by atoms with van der Waals surface area (Å²) in [6.07, 6.45) is -4.82. The van der Waals surface area contributed by atoms with Gasteiger partial charge in [-0.1, -0.05) is 0 Å². The average Bonchev–Trinajstić information content (AvgIpc) is 2.30. The molecule has 1 aliphatic rings. The van der Waals surface area contributed by atoms with Crippen molar-refractivity contribution in [3.05, 3.63) is 0 Å². The van der Waals surface area contributed by atoms with Gasteiger partial charge >= 0.3 is 5.97 Å². The number of hydrogen-bond acceptors (Lipinski definition) is 7. The lowest BCUT2D eigenvalue weighted by molar-refractivity contribution is -0.298. The van der Waals surface area contributed by atoms with Crippen molar-refractivity contribution < 1.29 is 34.0 Å². The second-order valence-corrected chi connectivity index (χ2v) is 3.76. The molecule has 0 amide bonds. The fourth-order valence-electron chi connectivity index (χ4n) is 1.73. The van der Waals surface area contributed by atoms with Crippen LogP contribution in [0.25, 0.3) is 0 Å². The SMILES string of the molecule is CO[C@@H]1OC(COC(C)=O)[C@H](OC)[C@H](O)C1O. The monoisotopic (exact) mass is 250 g/mol. The number of methoxy groups -OCH3 is 2. The van der Waals surface area contributed by atoms with Crippen molar-refractivity contribution in [2.24, 2.45) is 0 Å². The lowest BCUT2D eigenvalue weighted by Crippen LogP contribution is -2.59. The Morgan fingerprint density at radius 3 is 2.35 bits per heavy atom. The van der Waals surface area contributed by atoms with Crippen molar-refractivity contribution in [3.63, 3.8) is 0 Å². The maximum absolute atomic E-state index is 10.7. The molecule has 1 saturated heterocycles. The van der Waals surface area contributed by atoms with Gasteiger partial charge in [0.05, 0.1) is 0 Å². The highest BCUT2D eigenvalue weighted by atomic mass is 16.7. The Hall–Kier alpha value is -0.730. The van der Waals surface area contributed by atoms with Crippen molar-refractivity contribution in [3.8, 4) is 0 Å². The van der Waals surface area contributed by atoms with Crippen LogP contribution in [0, 0.1) is 0 Å². The molecule has 0 spiro atoms. The highest BCUT2D eigenvalue weighted by molar-refractivity contribution is 5.65. The molecular weight excluding hydrogens is 232 g/mol. The van der Waals surface area contributed by atoms with Gasteiger partial charge in [-0.15, -0.1) is 0 Å². The average molecular weight is 250 g/mol. The van der Waals surface area contributed by atoms with Gasteiger partial charge < -0.3 is 29.2 Å². The van der Waals surface area contributed by atoms with E-state index < -0.39 is 36.7 Å². The fraction of sp³-hybridized carbons (Fsp3) is 0.900. The molecule has 0 aromatic heterocycles. The fourth-order valence-corrected chi connectivity index (χ4v) is 1.73. The summed E-state index contributed by atoms with van der Waals surface area (Å²) in [5.41, 5.74) is 0. The van der Waals surface area contributed by atoms with Gasteiger partial charge in [0.25, 0.3) is 0 Å². The molecule has 0 aromatic rings. The third-order valence-corrected chi connectivity index (χ3v) is 2.60. The predicted molar refractivity (Wildman–Crippen MR) is 55.1 cm³/mol.